The Morgan fingerprint density at radius 3 is 2.14 bits per heavy atom. The van der Waals surface area contributed by atoms with Crippen molar-refractivity contribution >= 4 is 11.6 Å². The van der Waals surface area contributed by atoms with Crippen LogP contribution < -0.4 is 16.6 Å². The lowest BCUT2D eigenvalue weighted by molar-refractivity contribution is 0.280. The van der Waals surface area contributed by atoms with Gasteiger partial charge >= 0.3 is 0 Å². The van der Waals surface area contributed by atoms with E-state index in [1.807, 2.05) is 6.07 Å². The molecule has 0 amide bonds. The van der Waals surface area contributed by atoms with Crippen molar-refractivity contribution in [2.45, 2.75) is 65.3 Å². The smallest absolute Gasteiger partial charge is 0.145 e. The number of hydrazine groups is 1. The molecule has 4 N–H and O–H groups in total. The van der Waals surface area contributed by atoms with Crippen molar-refractivity contribution in [3.63, 3.8) is 0 Å². The highest BCUT2D eigenvalue weighted by molar-refractivity contribution is 5.48. The van der Waals surface area contributed by atoms with Crippen LogP contribution in [-0.4, -0.2) is 16.0 Å². The number of aromatic nitrogens is 2. The Morgan fingerprint density at radius 1 is 1.05 bits per heavy atom. The largest absolute Gasteiger partial charge is 0.367 e. The molecule has 1 fully saturated rings. The van der Waals surface area contributed by atoms with Gasteiger partial charge in [-0.25, -0.2) is 15.8 Å². The molecule has 2 unspecified atom stereocenters. The van der Waals surface area contributed by atoms with Gasteiger partial charge in [0.1, 0.15) is 17.5 Å². The maximum absolute atomic E-state index is 5.54. The molecule has 1 aromatic rings. The Labute approximate surface area is 128 Å². The zero-order valence-corrected chi connectivity index (χ0v) is 13.9. The second-order valence-corrected chi connectivity index (χ2v) is 7.62. The van der Waals surface area contributed by atoms with Crippen LogP contribution >= 0.6 is 0 Å². The average Bonchev–Trinajstić information content (AvgIpc) is 2.36. The Kier molecular flexibility index (Phi) is 4.71. The lowest BCUT2D eigenvalue weighted by atomic mass is 9.80. The molecule has 2 rings (SSSR count). The van der Waals surface area contributed by atoms with Crippen LogP contribution in [0.15, 0.2) is 6.07 Å². The molecule has 0 radical (unpaired) electrons. The molecule has 0 aromatic carbocycles. The second kappa shape index (κ2) is 6.18. The lowest BCUT2D eigenvalue weighted by Gasteiger charge is -2.32. The van der Waals surface area contributed by atoms with Crippen molar-refractivity contribution in [2.24, 2.45) is 17.7 Å². The molecule has 1 saturated carbocycles. The van der Waals surface area contributed by atoms with Crippen LogP contribution in [0.1, 0.15) is 59.7 Å². The van der Waals surface area contributed by atoms with Crippen LogP contribution in [0.25, 0.3) is 0 Å². The lowest BCUT2D eigenvalue weighted by Crippen LogP contribution is -2.31. The van der Waals surface area contributed by atoms with Gasteiger partial charge in [-0.2, -0.15) is 0 Å². The summed E-state index contributed by atoms with van der Waals surface area (Å²) in [6.07, 6.45) is 3.72. The van der Waals surface area contributed by atoms with Gasteiger partial charge in [0, 0.05) is 17.5 Å². The number of nitrogens with two attached hydrogens (primary N) is 1. The van der Waals surface area contributed by atoms with E-state index < -0.39 is 0 Å². The molecule has 1 aliphatic rings. The van der Waals surface area contributed by atoms with E-state index in [4.69, 9.17) is 5.84 Å². The van der Waals surface area contributed by atoms with E-state index in [0.29, 0.717) is 11.9 Å². The van der Waals surface area contributed by atoms with Gasteiger partial charge in [0.05, 0.1) is 0 Å². The first-order valence-electron chi connectivity index (χ1n) is 7.90. The summed E-state index contributed by atoms with van der Waals surface area (Å²) >= 11 is 0. The predicted octanol–water partition coefficient (Wildman–Crippen LogP) is 3.30. The fraction of sp³-hybridized carbons (Fsp3) is 0.750. The number of nitrogen functional groups attached to an aromatic ring is 1. The molecule has 5 nitrogen and oxygen atoms in total. The molecule has 1 heterocycles. The zero-order valence-electron chi connectivity index (χ0n) is 13.9. The highest BCUT2D eigenvalue weighted by Crippen LogP contribution is 2.31. The molecule has 118 valence electrons. The molecule has 0 bridgehead atoms. The van der Waals surface area contributed by atoms with Gasteiger partial charge in [0.2, 0.25) is 0 Å². The SMILES string of the molecule is CC1CC(C)CC(Nc2cc(NN)nc(C(C)(C)C)n2)C1. The quantitative estimate of drug-likeness (QED) is 0.588. The Morgan fingerprint density at radius 2 is 1.62 bits per heavy atom. The minimum atomic E-state index is -0.101. The minimum absolute atomic E-state index is 0.101. The summed E-state index contributed by atoms with van der Waals surface area (Å²) in [4.78, 5) is 9.14. The molecule has 21 heavy (non-hydrogen) atoms. The van der Waals surface area contributed by atoms with Gasteiger partial charge in [0.15, 0.2) is 0 Å². The van der Waals surface area contributed by atoms with Crippen LogP contribution in [0, 0.1) is 11.8 Å². The fourth-order valence-electron chi connectivity index (χ4n) is 3.20. The molecule has 0 aliphatic heterocycles. The Bertz CT molecular complexity index is 470. The van der Waals surface area contributed by atoms with E-state index in [-0.39, 0.29) is 5.41 Å². The normalized spacial score (nSPS) is 26.5. The summed E-state index contributed by atoms with van der Waals surface area (Å²) in [5, 5.41) is 3.58. The Hall–Kier alpha value is -1.36. The predicted molar refractivity (Wildman–Crippen MR) is 88.1 cm³/mol. The summed E-state index contributed by atoms with van der Waals surface area (Å²) in [6, 6.07) is 2.37. The van der Waals surface area contributed by atoms with Crippen molar-refractivity contribution in [3.05, 3.63) is 11.9 Å². The highest BCUT2D eigenvalue weighted by atomic mass is 15.3. The van der Waals surface area contributed by atoms with Crippen molar-refractivity contribution in [1.82, 2.24) is 9.97 Å². The van der Waals surface area contributed by atoms with Crippen LogP contribution in [0.5, 0.6) is 0 Å². The van der Waals surface area contributed by atoms with Crippen molar-refractivity contribution < 1.29 is 0 Å². The van der Waals surface area contributed by atoms with Gasteiger partial charge < -0.3 is 10.7 Å². The standard InChI is InChI=1S/C16H29N5/c1-10-6-11(2)8-12(7-10)18-13-9-14(21-17)20-15(19-13)16(3,4)5/h9-12H,6-8,17H2,1-5H3,(H2,18,19,20,21). The average molecular weight is 291 g/mol. The number of rotatable bonds is 3. The van der Waals surface area contributed by atoms with Crippen molar-refractivity contribution in [1.29, 1.82) is 0 Å². The van der Waals surface area contributed by atoms with Gasteiger partial charge in [0.25, 0.3) is 0 Å². The molecule has 1 aromatic heterocycles. The van der Waals surface area contributed by atoms with Crippen molar-refractivity contribution in [2.75, 3.05) is 10.7 Å². The van der Waals surface area contributed by atoms with Gasteiger partial charge in [-0.05, 0) is 31.1 Å². The first-order valence-corrected chi connectivity index (χ1v) is 7.90. The molecule has 0 spiro atoms. The number of anilines is 2. The third-order valence-corrected chi connectivity index (χ3v) is 4.08. The molecule has 1 aliphatic carbocycles. The zero-order chi connectivity index (χ0) is 15.6. The third kappa shape index (κ3) is 4.30. The van der Waals surface area contributed by atoms with Gasteiger partial charge in [-0.15, -0.1) is 0 Å². The van der Waals surface area contributed by atoms with Gasteiger partial charge in [-0.3, -0.25) is 0 Å². The molecular weight excluding hydrogens is 262 g/mol. The first-order chi connectivity index (χ1) is 9.77. The van der Waals surface area contributed by atoms with Crippen molar-refractivity contribution in [3.8, 4) is 0 Å². The third-order valence-electron chi connectivity index (χ3n) is 4.08. The van der Waals surface area contributed by atoms with E-state index >= 15 is 0 Å². The molecule has 5 heteroatoms. The summed E-state index contributed by atoms with van der Waals surface area (Å²) in [6.45, 7) is 11.0. The number of nitrogens with zero attached hydrogens (tertiary/aromatic N) is 2. The van der Waals surface area contributed by atoms with Crippen LogP contribution in [0.2, 0.25) is 0 Å². The van der Waals surface area contributed by atoms with Gasteiger partial charge in [-0.1, -0.05) is 34.6 Å². The monoisotopic (exact) mass is 291 g/mol. The molecular formula is C16H29N5. The van der Waals surface area contributed by atoms with Crippen LogP contribution in [0.3, 0.4) is 0 Å². The summed E-state index contributed by atoms with van der Waals surface area (Å²) in [5.74, 6) is 9.41. The highest BCUT2D eigenvalue weighted by Gasteiger charge is 2.25. The number of hydrogen-bond acceptors (Lipinski definition) is 5. The van der Waals surface area contributed by atoms with E-state index in [0.717, 1.165) is 23.5 Å². The minimum Gasteiger partial charge on any atom is -0.367 e. The fourth-order valence-corrected chi connectivity index (χ4v) is 3.20. The summed E-state index contributed by atoms with van der Waals surface area (Å²) in [5.41, 5.74) is 2.54. The van der Waals surface area contributed by atoms with E-state index in [2.05, 4.69) is 55.3 Å². The van der Waals surface area contributed by atoms with E-state index in [9.17, 15) is 0 Å². The van der Waals surface area contributed by atoms with Crippen LogP contribution in [-0.2, 0) is 5.41 Å². The maximum Gasteiger partial charge on any atom is 0.145 e. The second-order valence-electron chi connectivity index (χ2n) is 7.62. The molecule has 2 atom stereocenters. The summed E-state index contributed by atoms with van der Waals surface area (Å²) in [7, 11) is 0. The Balaban J connectivity index is 2.19. The number of hydrogen-bond donors (Lipinski definition) is 3. The summed E-state index contributed by atoms with van der Waals surface area (Å²) < 4.78 is 0. The first kappa shape index (κ1) is 16.0. The number of nitrogens with one attached hydrogen (secondary N) is 2. The van der Waals surface area contributed by atoms with Crippen LogP contribution in [0.4, 0.5) is 11.6 Å². The topological polar surface area (TPSA) is 75.9 Å². The maximum atomic E-state index is 5.54. The van der Waals surface area contributed by atoms with E-state index in [1.165, 1.54) is 19.3 Å². The molecule has 0 saturated heterocycles. The van der Waals surface area contributed by atoms with E-state index in [1.54, 1.807) is 0 Å².